The second-order valence-electron chi connectivity index (χ2n) is 7.79. The Morgan fingerprint density at radius 1 is 0.968 bits per heavy atom. The summed E-state index contributed by atoms with van der Waals surface area (Å²) in [5, 5.41) is 9.43. The number of nitrogens with zero attached hydrogens (tertiary/aromatic N) is 5. The fraction of sp³-hybridized carbons (Fsp3) is 0.250. The first-order chi connectivity index (χ1) is 15.2. The van der Waals surface area contributed by atoms with E-state index in [9.17, 15) is 4.79 Å². The number of fused-ring (bicyclic) bond motifs is 1. The van der Waals surface area contributed by atoms with Crippen LogP contribution >= 0.6 is 0 Å². The van der Waals surface area contributed by atoms with Crippen LogP contribution in [-0.2, 0) is 0 Å². The zero-order valence-corrected chi connectivity index (χ0v) is 17.3. The minimum atomic E-state index is -0.0947. The first-order valence-corrected chi connectivity index (χ1v) is 10.5. The molecule has 0 radical (unpaired) electrons. The highest BCUT2D eigenvalue weighted by Gasteiger charge is 2.32. The van der Waals surface area contributed by atoms with E-state index in [0.29, 0.717) is 17.8 Å². The molecule has 0 spiro atoms. The minimum Gasteiger partial charge on any atom is -0.486 e. The standard InChI is InChI=1S/C24H23N5O2/c1-17-11-12-19(31-22-10-4-6-18-7-5-13-25-23(18)22)16-28(17)24(30)20-8-2-3-9-21(20)29-26-14-15-27-29/h2-10,13-15,17,19H,11-12,16H2,1H3/t17-,19+/m1/s1. The molecule has 1 saturated heterocycles. The molecule has 3 heterocycles. The molecule has 31 heavy (non-hydrogen) atoms. The van der Waals surface area contributed by atoms with Gasteiger partial charge in [-0.2, -0.15) is 15.0 Å². The van der Waals surface area contributed by atoms with Gasteiger partial charge in [-0.05, 0) is 44.0 Å². The van der Waals surface area contributed by atoms with E-state index in [0.717, 1.165) is 29.5 Å². The smallest absolute Gasteiger partial charge is 0.256 e. The third-order valence-electron chi connectivity index (χ3n) is 5.76. The molecule has 2 atom stereocenters. The quantitative estimate of drug-likeness (QED) is 0.508. The number of hydrogen-bond acceptors (Lipinski definition) is 5. The van der Waals surface area contributed by atoms with Crippen LogP contribution in [0.4, 0.5) is 0 Å². The summed E-state index contributed by atoms with van der Waals surface area (Å²) in [5.74, 6) is 0.718. The van der Waals surface area contributed by atoms with Crippen LogP contribution in [0.15, 0.2) is 73.2 Å². The fourth-order valence-electron chi connectivity index (χ4n) is 4.13. The van der Waals surface area contributed by atoms with Gasteiger partial charge >= 0.3 is 0 Å². The molecule has 2 aromatic heterocycles. The normalized spacial score (nSPS) is 18.8. The molecule has 7 heteroatoms. The van der Waals surface area contributed by atoms with Crippen molar-refractivity contribution in [2.24, 2.45) is 0 Å². The monoisotopic (exact) mass is 413 g/mol. The van der Waals surface area contributed by atoms with E-state index < -0.39 is 0 Å². The van der Waals surface area contributed by atoms with Crippen molar-refractivity contribution in [3.63, 3.8) is 0 Å². The SMILES string of the molecule is C[C@@H]1CC[C@H](Oc2cccc3cccnc23)CN1C(=O)c1ccccc1-n1nccn1. The van der Waals surface area contributed by atoms with Gasteiger partial charge in [-0.1, -0.05) is 30.3 Å². The zero-order valence-electron chi connectivity index (χ0n) is 17.3. The number of carbonyl (C=O) groups excluding carboxylic acids is 1. The Hall–Kier alpha value is -3.74. The predicted octanol–water partition coefficient (Wildman–Crippen LogP) is 3.89. The van der Waals surface area contributed by atoms with Crippen LogP contribution in [0.25, 0.3) is 16.6 Å². The summed E-state index contributed by atoms with van der Waals surface area (Å²) in [6.07, 6.45) is 6.64. The molecule has 4 aromatic rings. The van der Waals surface area contributed by atoms with Crippen LogP contribution < -0.4 is 4.74 Å². The van der Waals surface area contributed by atoms with Crippen LogP contribution in [0, 0.1) is 0 Å². The molecule has 0 N–H and O–H groups in total. The molecular formula is C24H23N5O2. The van der Waals surface area contributed by atoms with Gasteiger partial charge in [0, 0.05) is 17.6 Å². The largest absolute Gasteiger partial charge is 0.486 e. The van der Waals surface area contributed by atoms with Gasteiger partial charge in [-0.3, -0.25) is 9.78 Å². The lowest BCUT2D eigenvalue weighted by atomic mass is 9.99. The Labute approximate surface area is 180 Å². The van der Waals surface area contributed by atoms with Crippen molar-refractivity contribution in [2.45, 2.75) is 31.9 Å². The van der Waals surface area contributed by atoms with Gasteiger partial charge in [-0.25, -0.2) is 0 Å². The highest BCUT2D eigenvalue weighted by molar-refractivity contribution is 5.98. The van der Waals surface area contributed by atoms with Gasteiger partial charge < -0.3 is 9.64 Å². The summed E-state index contributed by atoms with van der Waals surface area (Å²) >= 11 is 0. The number of pyridine rings is 1. The highest BCUT2D eigenvalue weighted by Crippen LogP contribution is 2.28. The molecule has 7 nitrogen and oxygen atoms in total. The van der Waals surface area contributed by atoms with Gasteiger partial charge in [-0.15, -0.1) is 0 Å². The third-order valence-corrected chi connectivity index (χ3v) is 5.76. The summed E-state index contributed by atoms with van der Waals surface area (Å²) in [4.78, 5) is 21.4. The van der Waals surface area contributed by atoms with Gasteiger partial charge in [0.2, 0.25) is 0 Å². The van der Waals surface area contributed by atoms with E-state index >= 15 is 0 Å². The van der Waals surface area contributed by atoms with Crippen LogP contribution in [0.2, 0.25) is 0 Å². The van der Waals surface area contributed by atoms with Crippen molar-refractivity contribution in [1.82, 2.24) is 24.9 Å². The molecular weight excluding hydrogens is 390 g/mol. The van der Waals surface area contributed by atoms with E-state index in [2.05, 4.69) is 22.1 Å². The molecule has 1 amide bonds. The van der Waals surface area contributed by atoms with E-state index in [1.54, 1.807) is 18.6 Å². The molecule has 0 bridgehead atoms. The summed E-state index contributed by atoms with van der Waals surface area (Å²) in [5.41, 5.74) is 2.10. The van der Waals surface area contributed by atoms with Crippen LogP contribution in [0.1, 0.15) is 30.1 Å². The van der Waals surface area contributed by atoms with E-state index in [1.807, 2.05) is 59.5 Å². The van der Waals surface area contributed by atoms with Crippen molar-refractivity contribution in [3.05, 3.63) is 78.8 Å². The van der Waals surface area contributed by atoms with Crippen molar-refractivity contribution < 1.29 is 9.53 Å². The van der Waals surface area contributed by atoms with Crippen molar-refractivity contribution in [1.29, 1.82) is 0 Å². The lowest BCUT2D eigenvalue weighted by Gasteiger charge is -2.38. The van der Waals surface area contributed by atoms with Crippen molar-refractivity contribution in [2.75, 3.05) is 6.54 Å². The van der Waals surface area contributed by atoms with Crippen molar-refractivity contribution >= 4 is 16.8 Å². The predicted molar refractivity (Wildman–Crippen MR) is 117 cm³/mol. The number of amides is 1. The average molecular weight is 413 g/mol. The van der Waals surface area contributed by atoms with Gasteiger partial charge in [0.25, 0.3) is 5.91 Å². The lowest BCUT2D eigenvalue weighted by molar-refractivity contribution is 0.0387. The summed E-state index contributed by atoms with van der Waals surface area (Å²) in [6.45, 7) is 2.60. The second kappa shape index (κ2) is 8.18. The van der Waals surface area contributed by atoms with Crippen LogP contribution in [0.3, 0.4) is 0 Å². The maximum absolute atomic E-state index is 13.5. The Morgan fingerprint density at radius 2 is 1.77 bits per heavy atom. The molecule has 0 unspecified atom stereocenters. The van der Waals surface area contributed by atoms with E-state index in [4.69, 9.17) is 4.74 Å². The molecule has 0 saturated carbocycles. The lowest BCUT2D eigenvalue weighted by Crippen LogP contribution is -2.49. The number of carbonyl (C=O) groups is 1. The zero-order chi connectivity index (χ0) is 21.2. The fourth-order valence-corrected chi connectivity index (χ4v) is 4.13. The number of piperidine rings is 1. The summed E-state index contributed by atoms with van der Waals surface area (Å²) < 4.78 is 6.35. The van der Waals surface area contributed by atoms with Gasteiger partial charge in [0.1, 0.15) is 17.4 Å². The van der Waals surface area contributed by atoms with Gasteiger partial charge in [0.05, 0.1) is 30.2 Å². The Morgan fingerprint density at radius 3 is 2.65 bits per heavy atom. The highest BCUT2D eigenvalue weighted by atomic mass is 16.5. The topological polar surface area (TPSA) is 73.1 Å². The molecule has 1 aliphatic heterocycles. The maximum Gasteiger partial charge on any atom is 0.256 e. The molecule has 1 aliphatic rings. The molecule has 5 rings (SSSR count). The minimum absolute atomic E-state index is 0.0373. The van der Waals surface area contributed by atoms with Crippen molar-refractivity contribution in [3.8, 4) is 11.4 Å². The number of para-hydroxylation sites is 2. The molecule has 0 aliphatic carbocycles. The number of rotatable bonds is 4. The Balaban J connectivity index is 1.40. The summed E-state index contributed by atoms with van der Waals surface area (Å²) in [6, 6.07) is 17.4. The Kier molecular flexibility index (Phi) is 5.08. The average Bonchev–Trinajstić information content (AvgIpc) is 3.35. The number of hydrogen-bond donors (Lipinski definition) is 0. The number of ether oxygens (including phenoxy) is 1. The molecule has 2 aromatic carbocycles. The van der Waals surface area contributed by atoms with Crippen LogP contribution in [-0.4, -0.2) is 49.5 Å². The molecule has 156 valence electrons. The maximum atomic E-state index is 13.5. The van der Waals surface area contributed by atoms with Gasteiger partial charge in [0.15, 0.2) is 0 Å². The number of benzene rings is 2. The van der Waals surface area contributed by atoms with E-state index in [1.165, 1.54) is 4.80 Å². The summed E-state index contributed by atoms with van der Waals surface area (Å²) in [7, 11) is 0. The molecule has 1 fully saturated rings. The first kappa shape index (κ1) is 19.2. The second-order valence-corrected chi connectivity index (χ2v) is 7.79. The first-order valence-electron chi connectivity index (χ1n) is 10.5. The number of aromatic nitrogens is 4. The Bertz CT molecular complexity index is 1200. The number of likely N-dealkylation sites (tertiary alicyclic amines) is 1. The van der Waals surface area contributed by atoms with E-state index in [-0.39, 0.29) is 18.1 Å². The van der Waals surface area contributed by atoms with Crippen LogP contribution in [0.5, 0.6) is 5.75 Å². The third kappa shape index (κ3) is 3.74.